The monoisotopic (exact) mass is 226 g/mol. The Hall–Kier alpha value is -0.263. The van der Waals surface area contributed by atoms with E-state index >= 15 is 0 Å². The predicted molar refractivity (Wildman–Crippen MR) is 70.5 cm³/mol. The predicted octanol–water partition coefficient (Wildman–Crippen LogP) is 3.59. The molecule has 1 nitrogen and oxygen atoms in total. The zero-order valence-electron chi connectivity index (χ0n) is 10.8. The fourth-order valence-corrected chi connectivity index (χ4v) is 1.98. The maximum atomic E-state index is 9.66. The van der Waals surface area contributed by atoms with Crippen LogP contribution >= 0.6 is 0 Å². The van der Waals surface area contributed by atoms with Crippen LogP contribution in [-0.4, -0.2) is 19.3 Å². The van der Waals surface area contributed by atoms with E-state index in [9.17, 15) is 5.11 Å². The lowest BCUT2D eigenvalue weighted by Crippen LogP contribution is -2.16. The summed E-state index contributed by atoms with van der Waals surface area (Å²) in [6, 6.07) is 0. The van der Waals surface area contributed by atoms with Gasteiger partial charge in [0.1, 0.15) is 8.07 Å². The van der Waals surface area contributed by atoms with Crippen LogP contribution in [0.1, 0.15) is 45.4 Å². The second-order valence-electron chi connectivity index (χ2n) is 5.26. The van der Waals surface area contributed by atoms with Crippen molar-refractivity contribution in [3.8, 4) is 11.5 Å². The van der Waals surface area contributed by atoms with Crippen LogP contribution in [0.25, 0.3) is 0 Å². The van der Waals surface area contributed by atoms with E-state index in [4.69, 9.17) is 0 Å². The molecule has 1 N–H and O–H groups in total. The highest BCUT2D eigenvalue weighted by Crippen LogP contribution is 2.07. The molecular weight excluding hydrogens is 200 g/mol. The van der Waals surface area contributed by atoms with Gasteiger partial charge in [0.15, 0.2) is 0 Å². The van der Waals surface area contributed by atoms with Crippen molar-refractivity contribution in [1.82, 2.24) is 0 Å². The van der Waals surface area contributed by atoms with Gasteiger partial charge in [-0.25, -0.2) is 0 Å². The molecule has 0 aromatic rings. The molecule has 0 amide bonds. The van der Waals surface area contributed by atoms with E-state index in [2.05, 4.69) is 38.0 Å². The summed E-state index contributed by atoms with van der Waals surface area (Å²) in [6.45, 7) is 8.89. The minimum atomic E-state index is -1.24. The van der Waals surface area contributed by atoms with Crippen LogP contribution in [0.4, 0.5) is 0 Å². The first-order chi connectivity index (χ1) is 6.95. The smallest absolute Gasteiger partial charge is 0.129 e. The molecule has 0 saturated carbocycles. The number of rotatable bonds is 6. The molecule has 15 heavy (non-hydrogen) atoms. The zero-order valence-corrected chi connectivity index (χ0v) is 11.8. The lowest BCUT2D eigenvalue weighted by molar-refractivity contribution is 0.166. The van der Waals surface area contributed by atoms with Crippen LogP contribution in [0.3, 0.4) is 0 Å². The highest BCUT2D eigenvalue weighted by molar-refractivity contribution is 6.83. The highest BCUT2D eigenvalue weighted by Gasteiger charge is 2.08. The maximum Gasteiger partial charge on any atom is 0.129 e. The van der Waals surface area contributed by atoms with Crippen LogP contribution in [0.2, 0.25) is 19.6 Å². The van der Waals surface area contributed by atoms with Gasteiger partial charge in [0.2, 0.25) is 0 Å². The summed E-state index contributed by atoms with van der Waals surface area (Å²) in [4.78, 5) is 0. The minimum Gasteiger partial charge on any atom is -0.392 e. The van der Waals surface area contributed by atoms with Crippen LogP contribution in [0.5, 0.6) is 0 Å². The van der Waals surface area contributed by atoms with Gasteiger partial charge in [-0.2, -0.15) is 0 Å². The average Bonchev–Trinajstić information content (AvgIpc) is 2.10. The first kappa shape index (κ1) is 14.7. The van der Waals surface area contributed by atoms with Crippen molar-refractivity contribution in [2.24, 2.45) is 0 Å². The van der Waals surface area contributed by atoms with E-state index < -0.39 is 8.07 Å². The van der Waals surface area contributed by atoms with Crippen LogP contribution in [0.15, 0.2) is 0 Å². The van der Waals surface area contributed by atoms with Gasteiger partial charge in [-0.1, -0.05) is 52.2 Å². The maximum absolute atomic E-state index is 9.66. The molecule has 0 radical (unpaired) electrons. The first-order valence-corrected chi connectivity index (χ1v) is 9.64. The second kappa shape index (κ2) is 7.96. The fraction of sp³-hybridized carbons (Fsp3) is 0.846. The van der Waals surface area contributed by atoms with Crippen LogP contribution in [0, 0.1) is 11.5 Å². The molecule has 2 heteroatoms. The van der Waals surface area contributed by atoms with Crippen LogP contribution < -0.4 is 0 Å². The zero-order chi connectivity index (χ0) is 11.7. The first-order valence-electron chi connectivity index (χ1n) is 6.14. The van der Waals surface area contributed by atoms with Crippen molar-refractivity contribution in [1.29, 1.82) is 0 Å². The Labute approximate surface area is 96.3 Å². The number of unbranched alkanes of at least 4 members (excludes halogenated alkanes) is 3. The molecule has 0 saturated heterocycles. The van der Waals surface area contributed by atoms with E-state index in [1.165, 1.54) is 19.3 Å². The molecule has 0 bridgehead atoms. The van der Waals surface area contributed by atoms with E-state index in [0.29, 0.717) is 6.42 Å². The van der Waals surface area contributed by atoms with Crippen molar-refractivity contribution in [2.75, 3.05) is 0 Å². The Morgan fingerprint density at radius 2 is 1.80 bits per heavy atom. The average molecular weight is 226 g/mol. The molecule has 0 aromatic carbocycles. The molecule has 1 atom stereocenters. The van der Waals surface area contributed by atoms with E-state index in [1.807, 2.05) is 0 Å². The summed E-state index contributed by atoms with van der Waals surface area (Å²) in [6.07, 6.45) is 6.31. The molecule has 0 aromatic heterocycles. The molecule has 1 unspecified atom stereocenters. The third-order valence-electron chi connectivity index (χ3n) is 2.19. The van der Waals surface area contributed by atoms with E-state index in [0.717, 1.165) is 12.8 Å². The van der Waals surface area contributed by atoms with Crippen molar-refractivity contribution < 1.29 is 5.11 Å². The summed E-state index contributed by atoms with van der Waals surface area (Å²) in [5.74, 6) is 3.13. The summed E-state index contributed by atoms with van der Waals surface area (Å²) in [5.41, 5.74) is 3.28. The normalized spacial score (nSPS) is 13.1. The van der Waals surface area contributed by atoms with Crippen LogP contribution in [-0.2, 0) is 0 Å². The second-order valence-corrected chi connectivity index (χ2v) is 10.0. The van der Waals surface area contributed by atoms with E-state index in [1.54, 1.807) is 0 Å². The topological polar surface area (TPSA) is 20.2 Å². The van der Waals surface area contributed by atoms with Gasteiger partial charge >= 0.3 is 0 Å². The summed E-state index contributed by atoms with van der Waals surface area (Å²) in [5, 5.41) is 9.66. The third kappa shape index (κ3) is 11.7. The van der Waals surface area contributed by atoms with Gasteiger partial charge in [-0.05, 0) is 6.42 Å². The van der Waals surface area contributed by atoms with E-state index in [-0.39, 0.29) is 6.10 Å². The molecule has 0 heterocycles. The standard InChI is InChI=1S/C13H26OSi/c1-5-6-7-8-10-13(14)11-9-12-15(2,3)4/h13-14H,5-8,10-11H2,1-4H3. The van der Waals surface area contributed by atoms with Gasteiger partial charge in [-0.15, -0.1) is 11.5 Å². The molecular formula is C13H26OSi. The van der Waals surface area contributed by atoms with Gasteiger partial charge < -0.3 is 5.11 Å². The Morgan fingerprint density at radius 1 is 1.13 bits per heavy atom. The van der Waals surface area contributed by atoms with Gasteiger partial charge in [0.25, 0.3) is 0 Å². The molecule has 0 spiro atoms. The minimum absolute atomic E-state index is 0.203. The largest absolute Gasteiger partial charge is 0.392 e. The molecule has 88 valence electrons. The van der Waals surface area contributed by atoms with Crippen molar-refractivity contribution in [3.63, 3.8) is 0 Å². The SMILES string of the molecule is CCCCCCC(O)CC#C[Si](C)(C)C. The van der Waals surface area contributed by atoms with Crippen molar-refractivity contribution in [3.05, 3.63) is 0 Å². The van der Waals surface area contributed by atoms with Crippen molar-refractivity contribution in [2.45, 2.75) is 71.2 Å². The number of hydrogen-bond acceptors (Lipinski definition) is 1. The number of aliphatic hydroxyl groups is 1. The number of aliphatic hydroxyl groups excluding tert-OH is 1. The number of hydrogen-bond donors (Lipinski definition) is 1. The van der Waals surface area contributed by atoms with Gasteiger partial charge in [0, 0.05) is 6.42 Å². The Balaban J connectivity index is 3.56. The highest BCUT2D eigenvalue weighted by atomic mass is 28.3. The Bertz CT molecular complexity index is 207. The summed E-state index contributed by atoms with van der Waals surface area (Å²) >= 11 is 0. The molecule has 0 aliphatic rings. The Kier molecular flexibility index (Phi) is 7.82. The van der Waals surface area contributed by atoms with Gasteiger partial charge in [-0.3, -0.25) is 0 Å². The molecule has 0 aliphatic heterocycles. The molecule has 0 rings (SSSR count). The Morgan fingerprint density at radius 3 is 2.33 bits per heavy atom. The fourth-order valence-electron chi connectivity index (χ4n) is 1.34. The van der Waals surface area contributed by atoms with Crippen molar-refractivity contribution >= 4 is 8.07 Å². The lowest BCUT2D eigenvalue weighted by Gasteiger charge is -2.07. The lowest BCUT2D eigenvalue weighted by atomic mass is 10.1. The molecule has 0 fully saturated rings. The van der Waals surface area contributed by atoms with Gasteiger partial charge in [0.05, 0.1) is 6.10 Å². The summed E-state index contributed by atoms with van der Waals surface area (Å²) < 4.78 is 0. The summed E-state index contributed by atoms with van der Waals surface area (Å²) in [7, 11) is -1.24. The third-order valence-corrected chi connectivity index (χ3v) is 3.12. The molecule has 0 aliphatic carbocycles. The quantitative estimate of drug-likeness (QED) is 0.417.